The van der Waals surface area contributed by atoms with Gasteiger partial charge in [0.2, 0.25) is 6.54 Å². The van der Waals surface area contributed by atoms with Crippen LogP contribution in [-0.2, 0) is 25.7 Å². The molecule has 0 spiro atoms. The number of pyridine rings is 1. The quantitative estimate of drug-likeness (QED) is 0.0681. The molecular weight excluding hydrogens is 603 g/mol. The Labute approximate surface area is 241 Å². The van der Waals surface area contributed by atoms with Gasteiger partial charge in [-0.1, -0.05) is 16.9 Å². The zero-order valence-corrected chi connectivity index (χ0v) is 23.2. The highest BCUT2D eigenvalue weighted by molar-refractivity contribution is 8.07. The molecule has 1 fully saturated rings. The first-order valence-electron chi connectivity index (χ1n) is 11.1. The predicted molar refractivity (Wildman–Crippen MR) is 145 cm³/mol. The molecule has 15 nitrogen and oxygen atoms in total. The predicted octanol–water partition coefficient (Wildman–Crippen LogP) is -0.317. The number of thioether (sulfide) groups is 2. The van der Waals surface area contributed by atoms with Gasteiger partial charge in [0.05, 0.1) is 0 Å². The number of aromatic nitrogens is 4. The normalized spacial score (nSPS) is 18.8. The van der Waals surface area contributed by atoms with Gasteiger partial charge in [-0.25, -0.2) is 14.8 Å². The number of carboxylic acids is 1. The van der Waals surface area contributed by atoms with Crippen molar-refractivity contribution in [3.63, 3.8) is 0 Å². The van der Waals surface area contributed by atoms with Gasteiger partial charge in [0.25, 0.3) is 17.7 Å². The summed E-state index contributed by atoms with van der Waals surface area (Å²) in [6.45, 7) is 0.0352. The Morgan fingerprint density at radius 3 is 2.65 bits per heavy atom. The molecule has 1 saturated heterocycles. The standard InChI is InChI=1S/C21H17N9O6S4/c22-11(31)5-29-3-1-8(2-4-29)15-26-21(40-28-15)39-10-7-37-18-13(17(33)30(18)14(10)19(34)35)25-16(32)12(27-36)9-6-38-20(23)24-9/h1-4,6,13,18H,5,7H2,(H6-,22,23,24,25,31,32,34,35,36)/p+1/t13-,18?/m1/s1. The molecule has 0 aromatic carbocycles. The van der Waals surface area contributed by atoms with E-state index in [1.165, 1.54) is 17.1 Å². The van der Waals surface area contributed by atoms with Gasteiger partial charge < -0.3 is 27.1 Å². The van der Waals surface area contributed by atoms with Gasteiger partial charge in [0.1, 0.15) is 22.8 Å². The minimum atomic E-state index is -1.30. The van der Waals surface area contributed by atoms with Gasteiger partial charge in [-0.15, -0.1) is 23.1 Å². The van der Waals surface area contributed by atoms with E-state index in [1.54, 1.807) is 29.1 Å². The number of rotatable bonds is 9. The molecule has 3 aromatic heterocycles. The van der Waals surface area contributed by atoms with Gasteiger partial charge in [0.15, 0.2) is 33.4 Å². The number of fused-ring (bicyclic) bond motifs is 1. The summed E-state index contributed by atoms with van der Waals surface area (Å²) < 4.78 is 6.41. The van der Waals surface area contributed by atoms with Crippen LogP contribution >= 0.6 is 46.4 Å². The molecule has 3 amide bonds. The van der Waals surface area contributed by atoms with Crippen molar-refractivity contribution >= 4 is 80.9 Å². The molecule has 40 heavy (non-hydrogen) atoms. The average molecular weight is 621 g/mol. The summed E-state index contributed by atoms with van der Waals surface area (Å²) in [5.41, 5.74) is 10.9. The number of nitrogens with one attached hydrogen (secondary N) is 1. The van der Waals surface area contributed by atoms with E-state index < -0.39 is 40.8 Å². The Kier molecular flexibility index (Phi) is 7.70. The summed E-state index contributed by atoms with van der Waals surface area (Å²) in [6, 6.07) is 2.42. The first-order chi connectivity index (χ1) is 19.2. The maximum absolute atomic E-state index is 13.0. The van der Waals surface area contributed by atoms with Crippen molar-refractivity contribution in [3.8, 4) is 11.4 Å². The molecule has 19 heteroatoms. The van der Waals surface area contributed by atoms with E-state index in [0.29, 0.717) is 20.6 Å². The van der Waals surface area contributed by atoms with Crippen molar-refractivity contribution in [1.29, 1.82) is 0 Å². The monoisotopic (exact) mass is 620 g/mol. The molecule has 0 bridgehead atoms. The molecule has 2 atom stereocenters. The average Bonchev–Trinajstić information content (AvgIpc) is 3.56. The third-order valence-corrected chi connectivity index (χ3v) is 9.58. The van der Waals surface area contributed by atoms with Crippen LogP contribution in [0.5, 0.6) is 0 Å². The van der Waals surface area contributed by atoms with Crippen LogP contribution < -0.4 is 21.4 Å². The van der Waals surface area contributed by atoms with Crippen LogP contribution in [0.25, 0.3) is 11.4 Å². The molecule has 3 aromatic rings. The van der Waals surface area contributed by atoms with Gasteiger partial charge >= 0.3 is 5.97 Å². The van der Waals surface area contributed by atoms with E-state index in [9.17, 15) is 29.5 Å². The summed E-state index contributed by atoms with van der Waals surface area (Å²) in [6.07, 6.45) is 3.34. The molecule has 2 aliphatic heterocycles. The summed E-state index contributed by atoms with van der Waals surface area (Å²) in [7, 11) is 0. The number of thiazole rings is 1. The van der Waals surface area contributed by atoms with Crippen molar-refractivity contribution in [2.75, 3.05) is 11.5 Å². The van der Waals surface area contributed by atoms with Crippen LogP contribution in [0.15, 0.2) is 50.0 Å². The van der Waals surface area contributed by atoms with Gasteiger partial charge in [-0.3, -0.25) is 19.3 Å². The number of β-lactam (4-membered cyclic amide) rings is 1. The number of nitrogen functional groups attached to an aromatic ring is 1. The number of carboxylic acid groups (broad SMARTS) is 1. The Morgan fingerprint density at radius 1 is 1.27 bits per heavy atom. The SMILES string of the molecule is NC(=O)C[n+]1ccc(-c2nsc(SC3=C(C(=O)O)N4C(=O)[C@@H](NC(=O)/C(=N/O)c5csc(N)n5)C4SC3)n2)cc1. The fraction of sp³-hybridized carbons (Fsp3) is 0.190. The number of anilines is 1. The third kappa shape index (κ3) is 5.35. The number of oxime groups is 1. The molecule has 0 aliphatic carbocycles. The van der Waals surface area contributed by atoms with Crippen LogP contribution in [0, 0.1) is 0 Å². The van der Waals surface area contributed by atoms with Gasteiger partial charge in [0, 0.05) is 33.7 Å². The molecule has 7 N–H and O–H groups in total. The van der Waals surface area contributed by atoms with Crippen LogP contribution in [0.4, 0.5) is 5.13 Å². The van der Waals surface area contributed by atoms with Crippen LogP contribution in [0.1, 0.15) is 5.69 Å². The number of amides is 3. The molecule has 0 saturated carbocycles. The summed E-state index contributed by atoms with van der Waals surface area (Å²) in [5, 5.41) is 25.6. The lowest BCUT2D eigenvalue weighted by molar-refractivity contribution is -0.684. The smallest absolute Gasteiger partial charge is 0.353 e. The molecule has 2 aliphatic rings. The van der Waals surface area contributed by atoms with E-state index in [-0.39, 0.29) is 28.8 Å². The summed E-state index contributed by atoms with van der Waals surface area (Å²) >= 11 is 4.49. The van der Waals surface area contributed by atoms with E-state index in [4.69, 9.17) is 11.5 Å². The second kappa shape index (κ2) is 11.2. The van der Waals surface area contributed by atoms with Crippen molar-refractivity contribution < 1.29 is 34.1 Å². The summed E-state index contributed by atoms with van der Waals surface area (Å²) in [4.78, 5) is 58.8. The van der Waals surface area contributed by atoms with Crippen molar-refractivity contribution in [1.82, 2.24) is 24.6 Å². The molecule has 206 valence electrons. The molecule has 1 unspecified atom stereocenters. The molecule has 5 heterocycles. The fourth-order valence-electron chi connectivity index (χ4n) is 3.85. The number of aliphatic carboxylic acids is 1. The Balaban J connectivity index is 1.30. The van der Waals surface area contributed by atoms with E-state index in [2.05, 4.69) is 24.8 Å². The minimum absolute atomic E-state index is 0.0352. The van der Waals surface area contributed by atoms with E-state index in [1.807, 2.05) is 0 Å². The lowest BCUT2D eigenvalue weighted by Crippen LogP contribution is -2.71. The van der Waals surface area contributed by atoms with Crippen LogP contribution in [0.2, 0.25) is 0 Å². The first kappa shape index (κ1) is 27.5. The number of hydrogen-bond acceptors (Lipinski definition) is 14. The summed E-state index contributed by atoms with van der Waals surface area (Å²) in [5.74, 6) is -2.59. The zero-order valence-electron chi connectivity index (χ0n) is 20.0. The molecule has 5 rings (SSSR count). The Hall–Kier alpha value is -4.07. The number of primary amides is 1. The largest absolute Gasteiger partial charge is 0.477 e. The number of nitrogens with two attached hydrogens (primary N) is 2. The second-order valence-corrected chi connectivity index (χ2v) is 12.3. The highest BCUT2D eigenvalue weighted by Gasteiger charge is 2.54. The topological polar surface area (TPSA) is 231 Å². The van der Waals surface area contributed by atoms with E-state index in [0.717, 1.165) is 39.5 Å². The Bertz CT molecular complexity index is 1580. The van der Waals surface area contributed by atoms with Crippen molar-refractivity contribution in [2.24, 2.45) is 10.9 Å². The Morgan fingerprint density at radius 2 is 2.02 bits per heavy atom. The molecular formula is C21H18N9O6S4+. The lowest BCUT2D eigenvalue weighted by Gasteiger charge is -2.49. The van der Waals surface area contributed by atoms with Crippen LogP contribution in [0.3, 0.4) is 0 Å². The lowest BCUT2D eigenvalue weighted by atomic mass is 10.0. The van der Waals surface area contributed by atoms with Gasteiger partial charge in [-0.2, -0.15) is 8.94 Å². The van der Waals surface area contributed by atoms with E-state index >= 15 is 0 Å². The number of hydrogen-bond donors (Lipinski definition) is 5. The maximum atomic E-state index is 13.0. The highest BCUT2D eigenvalue weighted by Crippen LogP contribution is 2.45. The van der Waals surface area contributed by atoms with Crippen molar-refractivity contribution in [3.05, 3.63) is 46.2 Å². The third-order valence-electron chi connectivity index (χ3n) is 5.61. The number of nitrogens with zero attached hydrogens (tertiary/aromatic N) is 6. The van der Waals surface area contributed by atoms with Crippen LogP contribution in [-0.4, -0.2) is 76.1 Å². The maximum Gasteiger partial charge on any atom is 0.353 e. The zero-order chi connectivity index (χ0) is 28.6. The number of carbonyl (C=O) groups excluding carboxylic acids is 3. The second-order valence-electron chi connectivity index (χ2n) is 8.17. The number of carbonyl (C=O) groups is 4. The highest BCUT2D eigenvalue weighted by atomic mass is 32.2. The minimum Gasteiger partial charge on any atom is -0.477 e. The first-order valence-corrected chi connectivity index (χ1v) is 14.6. The molecule has 0 radical (unpaired) electrons. The van der Waals surface area contributed by atoms with Gasteiger partial charge in [-0.05, 0) is 11.5 Å². The fourth-order valence-corrected chi connectivity index (χ4v) is 7.66. The van der Waals surface area contributed by atoms with Crippen molar-refractivity contribution in [2.45, 2.75) is 22.3 Å².